The second-order valence-electron chi connectivity index (χ2n) is 9.06. The Bertz CT molecular complexity index is 1090. The van der Waals surface area contributed by atoms with Crippen LogP contribution in [0.2, 0.25) is 0 Å². The topological polar surface area (TPSA) is 66.9 Å². The van der Waals surface area contributed by atoms with Crippen molar-refractivity contribution in [2.45, 2.75) is 45.1 Å². The third kappa shape index (κ3) is 3.78. The number of nitrogens with zero attached hydrogens (tertiary/aromatic N) is 2. The highest BCUT2D eigenvalue weighted by Gasteiger charge is 2.38. The van der Waals surface area contributed by atoms with Gasteiger partial charge in [0.1, 0.15) is 5.75 Å². The lowest BCUT2D eigenvalue weighted by Crippen LogP contribution is -2.52. The van der Waals surface area contributed by atoms with Crippen LogP contribution in [0.1, 0.15) is 38.3 Å². The lowest BCUT2D eigenvalue weighted by Gasteiger charge is -2.38. The molecule has 0 saturated carbocycles. The summed E-state index contributed by atoms with van der Waals surface area (Å²) in [7, 11) is -3.58. The van der Waals surface area contributed by atoms with Crippen LogP contribution in [-0.4, -0.2) is 39.8 Å². The third-order valence-corrected chi connectivity index (χ3v) is 6.89. The van der Waals surface area contributed by atoms with Crippen molar-refractivity contribution in [2.75, 3.05) is 28.6 Å². The number of fused-ring (bicyclic) bond motifs is 2. The van der Waals surface area contributed by atoms with E-state index in [9.17, 15) is 13.2 Å². The van der Waals surface area contributed by atoms with Gasteiger partial charge >= 0.3 is 0 Å². The highest BCUT2D eigenvalue weighted by Crippen LogP contribution is 2.39. The van der Waals surface area contributed by atoms with Crippen LogP contribution in [-0.2, 0) is 26.7 Å². The number of para-hydroxylation sites is 1. The summed E-state index contributed by atoms with van der Waals surface area (Å²) in [4.78, 5) is 15.1. The maximum absolute atomic E-state index is 13.4. The number of amides is 1. The molecule has 0 unspecified atom stereocenters. The number of ether oxygens (including phenoxy) is 1. The SMILES string of the molecule is CC(C)(C)c1ccc2c(c1)N(S(C)(=O)=O)C[C@H](C(=O)N1CCCc3ccccc31)O2. The van der Waals surface area contributed by atoms with Crippen molar-refractivity contribution in [3.63, 3.8) is 0 Å². The quantitative estimate of drug-likeness (QED) is 0.734. The summed E-state index contributed by atoms with van der Waals surface area (Å²) in [5, 5.41) is 0. The molecule has 30 heavy (non-hydrogen) atoms. The maximum Gasteiger partial charge on any atom is 0.269 e. The van der Waals surface area contributed by atoms with E-state index in [0.717, 1.165) is 29.7 Å². The normalized spacial score (nSPS) is 19.0. The van der Waals surface area contributed by atoms with Crippen LogP contribution in [0.4, 0.5) is 11.4 Å². The number of hydrogen-bond acceptors (Lipinski definition) is 4. The molecule has 160 valence electrons. The number of hydrogen-bond donors (Lipinski definition) is 0. The first-order chi connectivity index (χ1) is 14.1. The number of carbonyl (C=O) groups excluding carboxylic acids is 1. The van der Waals surface area contributed by atoms with Crippen LogP contribution in [0.5, 0.6) is 5.75 Å². The molecule has 2 aromatic rings. The Morgan fingerprint density at radius 1 is 1.10 bits per heavy atom. The average Bonchev–Trinajstić information content (AvgIpc) is 2.70. The molecule has 6 nitrogen and oxygen atoms in total. The van der Waals surface area contributed by atoms with Gasteiger partial charge in [0.05, 0.1) is 18.5 Å². The molecule has 1 amide bonds. The van der Waals surface area contributed by atoms with Crippen molar-refractivity contribution in [1.29, 1.82) is 0 Å². The Morgan fingerprint density at radius 2 is 1.83 bits per heavy atom. The van der Waals surface area contributed by atoms with Crippen LogP contribution < -0.4 is 13.9 Å². The van der Waals surface area contributed by atoms with Crippen molar-refractivity contribution >= 4 is 27.3 Å². The van der Waals surface area contributed by atoms with Gasteiger partial charge in [0.25, 0.3) is 5.91 Å². The Hall–Kier alpha value is -2.54. The first-order valence-corrected chi connectivity index (χ1v) is 12.1. The molecule has 2 aromatic carbocycles. The van der Waals surface area contributed by atoms with E-state index in [1.165, 1.54) is 10.6 Å². The number of rotatable bonds is 2. The molecule has 2 aliphatic heterocycles. The number of anilines is 2. The Balaban J connectivity index is 1.71. The fourth-order valence-corrected chi connectivity index (χ4v) is 5.00. The Labute approximate surface area is 178 Å². The van der Waals surface area contributed by atoms with E-state index < -0.39 is 16.1 Å². The number of sulfonamides is 1. The second kappa shape index (κ2) is 7.30. The van der Waals surface area contributed by atoms with Gasteiger partial charge in [-0.3, -0.25) is 9.10 Å². The Morgan fingerprint density at radius 3 is 2.53 bits per heavy atom. The predicted octanol–water partition coefficient (Wildman–Crippen LogP) is 3.49. The van der Waals surface area contributed by atoms with Gasteiger partial charge < -0.3 is 9.64 Å². The van der Waals surface area contributed by atoms with E-state index in [4.69, 9.17) is 4.74 Å². The van der Waals surface area contributed by atoms with Gasteiger partial charge in [-0.15, -0.1) is 0 Å². The van der Waals surface area contributed by atoms with Gasteiger partial charge in [-0.25, -0.2) is 8.42 Å². The smallest absolute Gasteiger partial charge is 0.269 e. The molecule has 1 atom stereocenters. The fraction of sp³-hybridized carbons (Fsp3) is 0.435. The minimum absolute atomic E-state index is 0.0308. The van der Waals surface area contributed by atoms with E-state index in [1.54, 1.807) is 11.0 Å². The molecule has 0 radical (unpaired) electrons. The van der Waals surface area contributed by atoms with Crippen LogP contribution in [0.25, 0.3) is 0 Å². The van der Waals surface area contributed by atoms with Gasteiger partial charge in [-0.05, 0) is 47.6 Å². The van der Waals surface area contributed by atoms with Gasteiger partial charge in [0.2, 0.25) is 10.0 Å². The molecule has 0 aliphatic carbocycles. The molecule has 0 spiro atoms. The average molecular weight is 429 g/mol. The summed E-state index contributed by atoms with van der Waals surface area (Å²) in [5.41, 5.74) is 3.38. The van der Waals surface area contributed by atoms with Crippen LogP contribution in [0.3, 0.4) is 0 Å². The van der Waals surface area contributed by atoms with Crippen molar-refractivity contribution in [3.05, 3.63) is 53.6 Å². The van der Waals surface area contributed by atoms with Gasteiger partial charge in [0, 0.05) is 12.2 Å². The second-order valence-corrected chi connectivity index (χ2v) is 11.0. The zero-order valence-corrected chi connectivity index (χ0v) is 18.7. The van der Waals surface area contributed by atoms with E-state index in [2.05, 4.69) is 20.8 Å². The van der Waals surface area contributed by atoms with Gasteiger partial charge in [-0.1, -0.05) is 45.0 Å². The molecule has 7 heteroatoms. The highest BCUT2D eigenvalue weighted by molar-refractivity contribution is 7.92. The van der Waals surface area contributed by atoms with Crippen molar-refractivity contribution in [2.24, 2.45) is 0 Å². The standard InChI is InChI=1S/C23H28N2O4S/c1-23(2,3)17-11-12-20-19(14-17)25(30(4,27)28)15-21(29-20)22(26)24-13-7-9-16-8-5-6-10-18(16)24/h5-6,8,10-12,14,21H,7,9,13,15H2,1-4H3/t21-/m1/s1. The zero-order chi connectivity index (χ0) is 21.7. The Kier molecular flexibility index (Phi) is 5.04. The summed E-state index contributed by atoms with van der Waals surface area (Å²) < 4.78 is 32.6. The van der Waals surface area contributed by atoms with Gasteiger partial charge in [0.15, 0.2) is 6.10 Å². The van der Waals surface area contributed by atoms with E-state index >= 15 is 0 Å². The van der Waals surface area contributed by atoms with Crippen molar-refractivity contribution in [3.8, 4) is 5.75 Å². The number of carbonyl (C=O) groups is 1. The summed E-state index contributed by atoms with van der Waals surface area (Å²) in [6.07, 6.45) is 2.08. The molecule has 0 fully saturated rings. The third-order valence-electron chi connectivity index (χ3n) is 5.75. The largest absolute Gasteiger partial charge is 0.476 e. The molecule has 2 aliphatic rings. The van der Waals surface area contributed by atoms with Crippen LogP contribution in [0, 0.1) is 0 Å². The molecule has 4 rings (SSSR count). The minimum atomic E-state index is -3.58. The van der Waals surface area contributed by atoms with Crippen LogP contribution in [0.15, 0.2) is 42.5 Å². The molecular weight excluding hydrogens is 400 g/mol. The summed E-state index contributed by atoms with van der Waals surface area (Å²) >= 11 is 0. The predicted molar refractivity (Wildman–Crippen MR) is 119 cm³/mol. The summed E-state index contributed by atoms with van der Waals surface area (Å²) in [5.74, 6) is 0.213. The van der Waals surface area contributed by atoms with Crippen LogP contribution >= 0.6 is 0 Å². The van der Waals surface area contributed by atoms with Crippen molar-refractivity contribution in [1.82, 2.24) is 0 Å². The van der Waals surface area contributed by atoms with E-state index in [-0.39, 0.29) is 17.9 Å². The zero-order valence-electron chi connectivity index (χ0n) is 17.9. The van der Waals surface area contributed by atoms with E-state index in [1.807, 2.05) is 36.4 Å². The molecule has 0 aromatic heterocycles. The lowest BCUT2D eigenvalue weighted by atomic mass is 9.86. The number of aryl methyl sites for hydroxylation is 1. The monoisotopic (exact) mass is 428 g/mol. The van der Waals surface area contributed by atoms with Gasteiger partial charge in [-0.2, -0.15) is 0 Å². The van der Waals surface area contributed by atoms with E-state index in [0.29, 0.717) is 18.0 Å². The first-order valence-electron chi connectivity index (χ1n) is 10.2. The molecule has 2 heterocycles. The minimum Gasteiger partial charge on any atom is -0.476 e. The molecule has 0 N–H and O–H groups in total. The molecule has 0 bridgehead atoms. The van der Waals surface area contributed by atoms with Crippen molar-refractivity contribution < 1.29 is 17.9 Å². The lowest BCUT2D eigenvalue weighted by molar-refractivity contribution is -0.125. The molecule has 0 saturated heterocycles. The summed E-state index contributed by atoms with van der Waals surface area (Å²) in [6, 6.07) is 13.4. The first kappa shape index (κ1) is 20.7. The summed E-state index contributed by atoms with van der Waals surface area (Å²) in [6.45, 7) is 6.79. The highest BCUT2D eigenvalue weighted by atomic mass is 32.2. The number of benzene rings is 2. The fourth-order valence-electron chi connectivity index (χ4n) is 4.10. The molecular formula is C23H28N2O4S. The maximum atomic E-state index is 13.4.